The molecule has 10 heavy (non-hydrogen) atoms. The van der Waals surface area contributed by atoms with Crippen molar-refractivity contribution in [2.45, 2.75) is 4.81 Å². The van der Waals surface area contributed by atoms with Crippen LogP contribution in [0, 0.1) is 0 Å². The van der Waals surface area contributed by atoms with Gasteiger partial charge in [-0.1, -0.05) is 0 Å². The van der Waals surface area contributed by atoms with Gasteiger partial charge in [-0.3, -0.25) is 0 Å². The molecule has 0 N–H and O–H groups in total. The fourth-order valence-electron chi connectivity index (χ4n) is 0.738. The molecular weight excluding hydrogens is 303 g/mol. The van der Waals surface area contributed by atoms with Crippen molar-refractivity contribution in [1.29, 1.82) is 0 Å². The Bertz CT molecular complexity index is 201. The van der Waals surface area contributed by atoms with Gasteiger partial charge in [0.1, 0.15) is 0 Å². The fourth-order valence-corrected chi connectivity index (χ4v) is 1.01. The van der Waals surface area contributed by atoms with Gasteiger partial charge in [-0.05, 0) is 0 Å². The van der Waals surface area contributed by atoms with Gasteiger partial charge < -0.3 is 0 Å². The number of rotatable bonds is 2. The van der Waals surface area contributed by atoms with Crippen LogP contribution in [0.2, 0.25) is 4.81 Å². The third-order valence-electron chi connectivity index (χ3n) is 1.18. The van der Waals surface area contributed by atoms with E-state index in [0.29, 0.717) is 0 Å². The molecule has 0 aliphatic carbocycles. The van der Waals surface area contributed by atoms with E-state index in [9.17, 15) is 0 Å². The van der Waals surface area contributed by atoms with Crippen LogP contribution in [-0.4, -0.2) is 0 Å². The Morgan fingerprint density at radius 3 is 2.50 bits per heavy atom. The first-order chi connectivity index (χ1) is 4.93. The van der Waals surface area contributed by atoms with Crippen molar-refractivity contribution in [1.82, 2.24) is 0 Å². The van der Waals surface area contributed by atoms with E-state index in [4.69, 9.17) is 0 Å². The third-order valence-corrected chi connectivity index (χ3v) is 1.72. The molecule has 0 aromatic heterocycles. The Labute approximate surface area is 72.9 Å². The Morgan fingerprint density at radius 2 is 1.90 bits per heavy atom. The van der Waals surface area contributed by atoms with Crippen LogP contribution >= 0.6 is 0 Å². The zero-order valence-electron chi connectivity index (χ0n) is 5.56. The summed E-state index contributed by atoms with van der Waals surface area (Å²) in [6.45, 7) is 0. The molecule has 1 aromatic carbocycles. The van der Waals surface area contributed by atoms with Crippen molar-refractivity contribution in [3.05, 3.63) is 42.0 Å². The summed E-state index contributed by atoms with van der Waals surface area (Å²) in [5.74, 6) is 0. The molecule has 0 atom stereocenters. The summed E-state index contributed by atoms with van der Waals surface area (Å²) in [5.41, 5.74) is 1.28. The van der Waals surface area contributed by atoms with Gasteiger partial charge in [0.2, 0.25) is 0 Å². The standard InChI is InChI=1S/C9H9.Pt/c1-2-6-9-7-4-3-5-8-9;/h2-8H,1H2;. The number of allylic oxidation sites excluding steroid dienone is 1. The Balaban J connectivity index is 2.67. The van der Waals surface area contributed by atoms with Crippen molar-refractivity contribution >= 4 is 6.08 Å². The van der Waals surface area contributed by atoms with Crippen molar-refractivity contribution in [3.8, 4) is 0 Å². The average Bonchev–Trinajstić information content (AvgIpc) is 2.03. The minimum atomic E-state index is 1.08. The molecule has 1 heteroatoms. The third kappa shape index (κ3) is 2.49. The summed E-state index contributed by atoms with van der Waals surface area (Å²) in [6.07, 6.45) is 4.28. The van der Waals surface area contributed by atoms with E-state index in [0.717, 1.165) is 4.81 Å². The summed E-state index contributed by atoms with van der Waals surface area (Å²) < 4.78 is 0. The van der Waals surface area contributed by atoms with Crippen molar-refractivity contribution in [2.75, 3.05) is 0 Å². The van der Waals surface area contributed by atoms with E-state index in [2.05, 4.69) is 44.1 Å². The molecule has 0 amide bonds. The molecule has 0 fully saturated rings. The molecule has 0 bridgehead atoms. The van der Waals surface area contributed by atoms with Gasteiger partial charge in [0.15, 0.2) is 0 Å². The molecule has 1 aromatic rings. The van der Waals surface area contributed by atoms with Gasteiger partial charge in [0.25, 0.3) is 0 Å². The zero-order chi connectivity index (χ0) is 7.23. The van der Waals surface area contributed by atoms with Gasteiger partial charge in [-0.25, -0.2) is 0 Å². The second kappa shape index (κ2) is 4.46. The normalized spacial score (nSPS) is 10.6. The topological polar surface area (TPSA) is 0 Å². The van der Waals surface area contributed by atoms with Crippen LogP contribution in [0.1, 0.15) is 5.56 Å². The molecule has 0 aliphatic rings. The van der Waals surface area contributed by atoms with E-state index in [-0.39, 0.29) is 0 Å². The van der Waals surface area contributed by atoms with E-state index in [1.807, 2.05) is 18.2 Å². The van der Waals surface area contributed by atoms with Crippen LogP contribution < -0.4 is 0 Å². The molecule has 0 radical (unpaired) electrons. The first-order valence-corrected chi connectivity index (χ1v) is 4.77. The van der Waals surface area contributed by atoms with Gasteiger partial charge in [-0.2, -0.15) is 0 Å². The maximum absolute atomic E-state index is 2.31. The first-order valence-electron chi connectivity index (χ1n) is 3.16. The summed E-state index contributed by atoms with van der Waals surface area (Å²) in [4.78, 5) is 1.08. The zero-order valence-corrected chi connectivity index (χ0v) is 7.84. The molecule has 1 rings (SSSR count). The summed E-state index contributed by atoms with van der Waals surface area (Å²) >= 11 is 2.31. The van der Waals surface area contributed by atoms with E-state index in [1.165, 1.54) is 5.56 Å². The molecule has 55 valence electrons. The average molecular weight is 312 g/mol. The van der Waals surface area contributed by atoms with Crippen LogP contribution in [0.15, 0.2) is 36.4 Å². The molecular formula is C9H9Pt. The van der Waals surface area contributed by atoms with Crippen LogP contribution in [0.25, 0.3) is 6.08 Å². The molecule has 0 saturated carbocycles. The Kier molecular flexibility index (Phi) is 3.46. The van der Waals surface area contributed by atoms with Crippen molar-refractivity contribution < 1.29 is 19.8 Å². The Morgan fingerprint density at radius 1 is 1.20 bits per heavy atom. The van der Waals surface area contributed by atoms with Gasteiger partial charge in [0.05, 0.1) is 0 Å². The van der Waals surface area contributed by atoms with Crippen molar-refractivity contribution in [3.63, 3.8) is 0 Å². The molecule has 0 aliphatic heterocycles. The van der Waals surface area contributed by atoms with Crippen LogP contribution in [0.4, 0.5) is 0 Å². The maximum atomic E-state index is 2.31. The second-order valence-electron chi connectivity index (χ2n) is 1.94. The molecule has 0 saturated heterocycles. The first kappa shape index (κ1) is 7.75. The van der Waals surface area contributed by atoms with Crippen molar-refractivity contribution in [2.24, 2.45) is 0 Å². The minimum absolute atomic E-state index is 1.08. The predicted molar refractivity (Wildman–Crippen MR) is 40.3 cm³/mol. The number of benzene rings is 1. The van der Waals surface area contributed by atoms with E-state index < -0.39 is 0 Å². The molecule has 0 spiro atoms. The van der Waals surface area contributed by atoms with E-state index >= 15 is 0 Å². The van der Waals surface area contributed by atoms with Crippen LogP contribution in [-0.2, 0) is 19.8 Å². The van der Waals surface area contributed by atoms with Gasteiger partial charge in [0, 0.05) is 0 Å². The van der Waals surface area contributed by atoms with Gasteiger partial charge in [-0.15, -0.1) is 0 Å². The number of hydrogen-bond acceptors (Lipinski definition) is 0. The van der Waals surface area contributed by atoms with Gasteiger partial charge >= 0.3 is 72.7 Å². The predicted octanol–water partition coefficient (Wildman–Crippen LogP) is 2.66. The summed E-state index contributed by atoms with van der Waals surface area (Å²) in [6, 6.07) is 10.3. The summed E-state index contributed by atoms with van der Waals surface area (Å²) in [7, 11) is 0. The van der Waals surface area contributed by atoms with E-state index in [1.54, 1.807) is 0 Å². The SMILES string of the molecule is [Pt][CH2]C=Cc1ccccc1. The molecule has 0 heterocycles. The summed E-state index contributed by atoms with van der Waals surface area (Å²) in [5, 5.41) is 0. The quantitative estimate of drug-likeness (QED) is 0.788. The molecule has 0 nitrogen and oxygen atoms in total. The number of hydrogen-bond donors (Lipinski definition) is 0. The molecule has 0 unspecified atom stereocenters. The van der Waals surface area contributed by atoms with Crippen LogP contribution in [0.5, 0.6) is 0 Å². The van der Waals surface area contributed by atoms with Crippen LogP contribution in [0.3, 0.4) is 0 Å². The Hall–Kier alpha value is -0.352. The fraction of sp³-hybridized carbons (Fsp3) is 0.111. The second-order valence-corrected chi connectivity index (χ2v) is 2.87. The monoisotopic (exact) mass is 312 g/mol.